The molecule has 0 aliphatic carbocycles. The van der Waals surface area contributed by atoms with Crippen molar-refractivity contribution in [1.82, 2.24) is 10.3 Å². The molecule has 0 radical (unpaired) electrons. The molecule has 5 nitrogen and oxygen atoms in total. The highest BCUT2D eigenvalue weighted by molar-refractivity contribution is 7.17. The van der Waals surface area contributed by atoms with Gasteiger partial charge in [-0.05, 0) is 38.5 Å². The third-order valence-electron chi connectivity index (χ3n) is 4.26. The Morgan fingerprint density at radius 1 is 1.15 bits per heavy atom. The number of para-hydroxylation sites is 1. The molecule has 0 aliphatic rings. The molecule has 2 aromatic carbocycles. The zero-order chi connectivity index (χ0) is 19.4. The van der Waals surface area contributed by atoms with Crippen LogP contribution in [0.25, 0.3) is 0 Å². The van der Waals surface area contributed by atoms with Crippen LogP contribution in [0.15, 0.2) is 42.5 Å². The summed E-state index contributed by atoms with van der Waals surface area (Å²) in [6.07, 6.45) is 0. The van der Waals surface area contributed by atoms with Crippen LogP contribution in [0, 0.1) is 20.8 Å². The Morgan fingerprint density at radius 3 is 2.67 bits per heavy atom. The number of nitrogens with one attached hydrogen (secondary N) is 2. The first-order valence-electron chi connectivity index (χ1n) is 8.69. The monoisotopic (exact) mass is 381 g/mol. The van der Waals surface area contributed by atoms with Gasteiger partial charge in [-0.3, -0.25) is 4.79 Å². The number of hydrogen-bond donors (Lipinski definition) is 2. The molecule has 3 rings (SSSR count). The highest BCUT2D eigenvalue weighted by Gasteiger charge is 2.16. The number of carbonyl (C=O) groups excluding carboxylic acids is 1. The predicted molar refractivity (Wildman–Crippen MR) is 110 cm³/mol. The SMILES string of the molecule is COc1ccccc1CNC(=O)c1sc(Nc2ccc(C)cc2C)nc1C. The van der Waals surface area contributed by atoms with Crippen LogP contribution in [0.5, 0.6) is 5.75 Å². The van der Waals surface area contributed by atoms with E-state index >= 15 is 0 Å². The van der Waals surface area contributed by atoms with Gasteiger partial charge >= 0.3 is 0 Å². The third-order valence-corrected chi connectivity index (χ3v) is 5.33. The summed E-state index contributed by atoms with van der Waals surface area (Å²) in [5.41, 5.74) is 5.00. The van der Waals surface area contributed by atoms with Gasteiger partial charge in [-0.1, -0.05) is 47.2 Å². The van der Waals surface area contributed by atoms with Crippen molar-refractivity contribution in [3.8, 4) is 5.75 Å². The Kier molecular flexibility index (Phi) is 5.76. The number of aryl methyl sites for hydroxylation is 3. The van der Waals surface area contributed by atoms with Crippen LogP contribution < -0.4 is 15.4 Å². The number of rotatable bonds is 6. The largest absolute Gasteiger partial charge is 0.496 e. The molecule has 0 atom stereocenters. The maximum atomic E-state index is 12.6. The minimum atomic E-state index is -0.135. The maximum Gasteiger partial charge on any atom is 0.263 e. The van der Waals surface area contributed by atoms with Crippen molar-refractivity contribution in [2.24, 2.45) is 0 Å². The first kappa shape index (κ1) is 18.9. The van der Waals surface area contributed by atoms with Crippen LogP contribution in [-0.4, -0.2) is 18.0 Å². The zero-order valence-electron chi connectivity index (χ0n) is 15.9. The Balaban J connectivity index is 1.71. The van der Waals surface area contributed by atoms with E-state index in [-0.39, 0.29) is 5.91 Å². The van der Waals surface area contributed by atoms with Crippen molar-refractivity contribution < 1.29 is 9.53 Å². The number of hydrogen-bond acceptors (Lipinski definition) is 5. The van der Waals surface area contributed by atoms with Crippen LogP contribution in [0.1, 0.15) is 32.1 Å². The lowest BCUT2D eigenvalue weighted by Crippen LogP contribution is -2.22. The van der Waals surface area contributed by atoms with E-state index in [1.807, 2.05) is 37.3 Å². The van der Waals surface area contributed by atoms with Crippen LogP contribution >= 0.6 is 11.3 Å². The molecule has 27 heavy (non-hydrogen) atoms. The molecule has 0 saturated heterocycles. The number of methoxy groups -OCH3 is 1. The Morgan fingerprint density at radius 2 is 1.93 bits per heavy atom. The molecule has 1 aromatic heterocycles. The van der Waals surface area contributed by atoms with Gasteiger partial charge < -0.3 is 15.4 Å². The second-order valence-electron chi connectivity index (χ2n) is 6.37. The lowest BCUT2D eigenvalue weighted by molar-refractivity contribution is 0.0954. The minimum Gasteiger partial charge on any atom is -0.496 e. The van der Waals surface area contributed by atoms with Crippen molar-refractivity contribution in [3.05, 3.63) is 69.7 Å². The van der Waals surface area contributed by atoms with Gasteiger partial charge in [0.05, 0.1) is 12.8 Å². The van der Waals surface area contributed by atoms with Gasteiger partial charge in [0.2, 0.25) is 0 Å². The fraction of sp³-hybridized carbons (Fsp3) is 0.238. The van der Waals surface area contributed by atoms with Crippen molar-refractivity contribution in [3.63, 3.8) is 0 Å². The van der Waals surface area contributed by atoms with Crippen molar-refractivity contribution >= 4 is 28.1 Å². The van der Waals surface area contributed by atoms with Gasteiger partial charge in [0.15, 0.2) is 5.13 Å². The summed E-state index contributed by atoms with van der Waals surface area (Å²) in [7, 11) is 1.62. The minimum absolute atomic E-state index is 0.135. The Labute approximate surface area is 163 Å². The van der Waals surface area contributed by atoms with E-state index in [0.29, 0.717) is 22.2 Å². The average molecular weight is 382 g/mol. The molecule has 0 saturated carbocycles. The molecule has 0 spiro atoms. The molecule has 3 aromatic rings. The van der Waals surface area contributed by atoms with Crippen LogP contribution in [0.3, 0.4) is 0 Å². The molecule has 0 aliphatic heterocycles. The first-order chi connectivity index (χ1) is 13.0. The number of amides is 1. The van der Waals surface area contributed by atoms with E-state index in [4.69, 9.17) is 4.74 Å². The van der Waals surface area contributed by atoms with Gasteiger partial charge in [-0.15, -0.1) is 0 Å². The summed E-state index contributed by atoms with van der Waals surface area (Å²) in [6.45, 7) is 6.37. The molecule has 0 unspecified atom stereocenters. The maximum absolute atomic E-state index is 12.6. The zero-order valence-corrected chi connectivity index (χ0v) is 16.7. The summed E-state index contributed by atoms with van der Waals surface area (Å²) in [4.78, 5) is 17.7. The Hall–Kier alpha value is -2.86. The van der Waals surface area contributed by atoms with Crippen LogP contribution in [0.4, 0.5) is 10.8 Å². The smallest absolute Gasteiger partial charge is 0.263 e. The molecule has 2 N–H and O–H groups in total. The summed E-state index contributed by atoms with van der Waals surface area (Å²) in [5.74, 6) is 0.626. The second-order valence-corrected chi connectivity index (χ2v) is 7.37. The van der Waals surface area contributed by atoms with E-state index in [0.717, 1.165) is 22.6 Å². The molecule has 0 bridgehead atoms. The van der Waals surface area contributed by atoms with Crippen molar-refractivity contribution in [1.29, 1.82) is 0 Å². The topological polar surface area (TPSA) is 63.2 Å². The van der Waals surface area contributed by atoms with Crippen LogP contribution in [0.2, 0.25) is 0 Å². The van der Waals surface area contributed by atoms with Gasteiger partial charge in [-0.25, -0.2) is 4.98 Å². The van der Waals surface area contributed by atoms with Crippen molar-refractivity contribution in [2.75, 3.05) is 12.4 Å². The second kappa shape index (κ2) is 8.22. The Bertz CT molecular complexity index is 966. The number of ether oxygens (including phenoxy) is 1. The number of thiazole rings is 1. The molecule has 0 fully saturated rings. The van der Waals surface area contributed by atoms with Gasteiger partial charge in [0.1, 0.15) is 10.6 Å². The van der Waals surface area contributed by atoms with E-state index in [1.165, 1.54) is 16.9 Å². The molecule has 1 amide bonds. The average Bonchev–Trinajstić information content (AvgIpc) is 3.02. The molecular weight excluding hydrogens is 358 g/mol. The lowest BCUT2D eigenvalue weighted by atomic mass is 10.1. The third kappa shape index (κ3) is 4.46. The van der Waals surface area contributed by atoms with Crippen LogP contribution in [-0.2, 0) is 6.54 Å². The highest BCUT2D eigenvalue weighted by Crippen LogP contribution is 2.28. The quantitative estimate of drug-likeness (QED) is 0.647. The summed E-state index contributed by atoms with van der Waals surface area (Å²) < 4.78 is 5.33. The summed E-state index contributed by atoms with van der Waals surface area (Å²) in [5, 5.41) is 6.98. The highest BCUT2D eigenvalue weighted by atomic mass is 32.1. The summed E-state index contributed by atoms with van der Waals surface area (Å²) in [6, 6.07) is 13.8. The number of carbonyl (C=O) groups is 1. The fourth-order valence-electron chi connectivity index (χ4n) is 2.83. The fourth-order valence-corrected chi connectivity index (χ4v) is 3.73. The molecule has 140 valence electrons. The number of nitrogens with zero attached hydrogens (tertiary/aromatic N) is 1. The van der Waals surface area contributed by atoms with E-state index in [1.54, 1.807) is 7.11 Å². The number of anilines is 2. The standard InChI is InChI=1S/C21H23N3O2S/c1-13-9-10-17(14(2)11-13)24-21-23-15(3)19(27-21)20(25)22-12-16-7-5-6-8-18(16)26-4/h5-11H,12H2,1-4H3,(H,22,25)(H,23,24). The van der Waals surface area contributed by atoms with E-state index in [2.05, 4.69) is 41.6 Å². The van der Waals surface area contributed by atoms with Gasteiger partial charge in [0.25, 0.3) is 5.91 Å². The molecule has 1 heterocycles. The summed E-state index contributed by atoms with van der Waals surface area (Å²) >= 11 is 1.35. The number of benzene rings is 2. The first-order valence-corrected chi connectivity index (χ1v) is 9.51. The van der Waals surface area contributed by atoms with E-state index < -0.39 is 0 Å². The van der Waals surface area contributed by atoms with Gasteiger partial charge in [0, 0.05) is 17.8 Å². The molecule has 6 heteroatoms. The normalized spacial score (nSPS) is 10.5. The lowest BCUT2D eigenvalue weighted by Gasteiger charge is -2.09. The number of aromatic nitrogens is 1. The predicted octanol–water partition coefficient (Wildman–Crippen LogP) is 4.75. The van der Waals surface area contributed by atoms with Crippen molar-refractivity contribution in [2.45, 2.75) is 27.3 Å². The molecular formula is C21H23N3O2S. The van der Waals surface area contributed by atoms with Gasteiger partial charge in [-0.2, -0.15) is 0 Å². The van der Waals surface area contributed by atoms with E-state index in [9.17, 15) is 4.79 Å².